The van der Waals surface area contributed by atoms with Crippen molar-refractivity contribution in [3.05, 3.63) is 29.8 Å². The van der Waals surface area contributed by atoms with E-state index in [-0.39, 0.29) is 22.2 Å². The van der Waals surface area contributed by atoms with Crippen LogP contribution in [0.3, 0.4) is 0 Å². The van der Waals surface area contributed by atoms with Crippen LogP contribution in [0.15, 0.2) is 29.2 Å². The van der Waals surface area contributed by atoms with Crippen LogP contribution >= 0.6 is 0 Å². The van der Waals surface area contributed by atoms with Gasteiger partial charge in [0.1, 0.15) is 9.84 Å². The molecule has 0 spiro atoms. The van der Waals surface area contributed by atoms with Crippen molar-refractivity contribution in [2.45, 2.75) is 49.6 Å². The molecule has 2 aliphatic rings. The van der Waals surface area contributed by atoms with E-state index >= 15 is 0 Å². The molecule has 7 nitrogen and oxygen atoms in total. The number of fused-ring (bicyclic) bond motifs is 2. The molecule has 166 valence electrons. The van der Waals surface area contributed by atoms with Gasteiger partial charge in [0.15, 0.2) is 9.84 Å². The SMILES string of the molecule is CCS(=O)(=O)CCCN1CC2CCC(C1)N2CCCS(=O)(=O)c1ccc(C#N)cc1. The van der Waals surface area contributed by atoms with Gasteiger partial charge in [-0.3, -0.25) is 4.90 Å². The summed E-state index contributed by atoms with van der Waals surface area (Å²) in [4.78, 5) is 5.10. The summed E-state index contributed by atoms with van der Waals surface area (Å²) >= 11 is 0. The molecule has 0 saturated carbocycles. The normalized spacial score (nSPS) is 22.8. The van der Waals surface area contributed by atoms with Gasteiger partial charge < -0.3 is 4.90 Å². The summed E-state index contributed by atoms with van der Waals surface area (Å²) in [7, 11) is -6.25. The molecule has 0 amide bonds. The number of hydrogen-bond acceptors (Lipinski definition) is 7. The molecular formula is C21H31N3O4S2. The van der Waals surface area contributed by atoms with Gasteiger partial charge in [-0.2, -0.15) is 5.26 Å². The first-order valence-corrected chi connectivity index (χ1v) is 14.1. The molecule has 2 bridgehead atoms. The van der Waals surface area contributed by atoms with Crippen LogP contribution in [0.25, 0.3) is 0 Å². The largest absolute Gasteiger partial charge is 0.300 e. The van der Waals surface area contributed by atoms with Crippen LogP contribution in [0.2, 0.25) is 0 Å². The fourth-order valence-corrected chi connectivity index (χ4v) is 6.72. The number of piperazine rings is 1. The maximum absolute atomic E-state index is 12.6. The highest BCUT2D eigenvalue weighted by molar-refractivity contribution is 7.91. The summed E-state index contributed by atoms with van der Waals surface area (Å²) in [5.74, 6) is 0.567. The molecule has 1 aromatic rings. The fourth-order valence-electron chi connectivity index (χ4n) is 4.57. The molecule has 2 fully saturated rings. The van der Waals surface area contributed by atoms with Crippen molar-refractivity contribution in [2.75, 3.05) is 43.4 Å². The number of likely N-dealkylation sites (tertiary alicyclic amines) is 1. The number of nitriles is 1. The first kappa shape index (κ1) is 23.2. The van der Waals surface area contributed by atoms with Crippen LogP contribution in [-0.2, 0) is 19.7 Å². The second-order valence-electron chi connectivity index (χ2n) is 8.28. The molecule has 0 aliphatic carbocycles. The zero-order chi connectivity index (χ0) is 21.8. The van der Waals surface area contributed by atoms with Gasteiger partial charge in [-0.15, -0.1) is 0 Å². The Balaban J connectivity index is 1.46. The lowest BCUT2D eigenvalue weighted by molar-refractivity contribution is 0.0675. The zero-order valence-corrected chi connectivity index (χ0v) is 19.2. The van der Waals surface area contributed by atoms with E-state index in [1.54, 1.807) is 6.92 Å². The van der Waals surface area contributed by atoms with E-state index in [2.05, 4.69) is 9.80 Å². The van der Waals surface area contributed by atoms with Gasteiger partial charge in [0.2, 0.25) is 0 Å². The standard InChI is InChI=1S/C21H31N3O4S2/c1-2-29(25,26)13-3-11-23-16-19-7-8-20(17-23)24(19)12-4-14-30(27,28)21-9-5-18(15-22)6-10-21/h5-6,9-10,19-20H,2-4,7-8,11-14,16-17H2,1H3. The zero-order valence-electron chi connectivity index (χ0n) is 17.5. The van der Waals surface area contributed by atoms with Gasteiger partial charge in [0.05, 0.1) is 28.0 Å². The topological polar surface area (TPSA) is 98.6 Å². The first-order chi connectivity index (χ1) is 14.2. The molecule has 2 atom stereocenters. The van der Waals surface area contributed by atoms with E-state index in [4.69, 9.17) is 5.26 Å². The molecule has 2 heterocycles. The number of sulfone groups is 2. The Bertz CT molecular complexity index is 954. The maximum atomic E-state index is 12.6. The van der Waals surface area contributed by atoms with Crippen LogP contribution in [0.1, 0.15) is 38.2 Å². The van der Waals surface area contributed by atoms with Crippen LogP contribution in [0.5, 0.6) is 0 Å². The highest BCUT2D eigenvalue weighted by Crippen LogP contribution is 2.30. The van der Waals surface area contributed by atoms with Crippen molar-refractivity contribution in [2.24, 2.45) is 0 Å². The Morgan fingerprint density at radius 3 is 2.13 bits per heavy atom. The summed E-state index contributed by atoms with van der Waals surface area (Å²) in [5, 5.41) is 8.85. The third kappa shape index (κ3) is 5.82. The Kier molecular flexibility index (Phi) is 7.56. The summed E-state index contributed by atoms with van der Waals surface area (Å²) in [6.45, 7) is 5.14. The van der Waals surface area contributed by atoms with Crippen molar-refractivity contribution in [3.63, 3.8) is 0 Å². The van der Waals surface area contributed by atoms with Crippen molar-refractivity contribution >= 4 is 19.7 Å². The highest BCUT2D eigenvalue weighted by Gasteiger charge is 2.39. The number of benzene rings is 1. The second-order valence-corrected chi connectivity index (χ2v) is 12.9. The van der Waals surface area contributed by atoms with E-state index in [1.807, 2.05) is 6.07 Å². The van der Waals surface area contributed by atoms with E-state index < -0.39 is 19.7 Å². The average Bonchev–Trinajstić information content (AvgIpc) is 2.96. The van der Waals surface area contributed by atoms with E-state index in [0.717, 1.165) is 39.0 Å². The van der Waals surface area contributed by atoms with Crippen LogP contribution < -0.4 is 0 Å². The molecule has 9 heteroatoms. The highest BCUT2D eigenvalue weighted by atomic mass is 32.2. The summed E-state index contributed by atoms with van der Waals surface area (Å²) < 4.78 is 48.5. The van der Waals surface area contributed by atoms with Gasteiger partial charge in [0.25, 0.3) is 0 Å². The Morgan fingerprint density at radius 1 is 0.967 bits per heavy atom. The minimum atomic E-state index is -3.34. The molecule has 2 saturated heterocycles. The molecule has 30 heavy (non-hydrogen) atoms. The monoisotopic (exact) mass is 453 g/mol. The molecule has 0 aromatic heterocycles. The van der Waals surface area contributed by atoms with Crippen molar-refractivity contribution in [1.29, 1.82) is 5.26 Å². The summed E-state index contributed by atoms with van der Waals surface area (Å²) in [5.41, 5.74) is 0.454. The molecule has 0 N–H and O–H groups in total. The lowest BCUT2D eigenvalue weighted by atomic mass is 10.1. The second kappa shape index (κ2) is 9.77. The van der Waals surface area contributed by atoms with E-state index in [0.29, 0.717) is 30.5 Å². The fraction of sp³-hybridized carbons (Fsp3) is 0.667. The first-order valence-electron chi connectivity index (χ1n) is 10.7. The third-order valence-corrected chi connectivity index (χ3v) is 9.86. The molecule has 1 aromatic carbocycles. The Morgan fingerprint density at radius 2 is 1.57 bits per heavy atom. The molecule has 2 aliphatic heterocycles. The Hall–Kier alpha value is -1.47. The number of rotatable bonds is 10. The number of hydrogen-bond donors (Lipinski definition) is 0. The van der Waals surface area contributed by atoms with Crippen LogP contribution in [0, 0.1) is 11.3 Å². The van der Waals surface area contributed by atoms with Gasteiger partial charge >= 0.3 is 0 Å². The van der Waals surface area contributed by atoms with Gasteiger partial charge in [-0.1, -0.05) is 6.92 Å². The van der Waals surface area contributed by atoms with Crippen molar-refractivity contribution in [1.82, 2.24) is 9.80 Å². The predicted molar refractivity (Wildman–Crippen MR) is 117 cm³/mol. The van der Waals surface area contributed by atoms with Crippen LogP contribution in [-0.4, -0.2) is 82.2 Å². The Labute approximate surface area is 180 Å². The molecule has 0 radical (unpaired) electrons. The van der Waals surface area contributed by atoms with Gasteiger partial charge in [-0.05, 0) is 63.0 Å². The van der Waals surface area contributed by atoms with Crippen molar-refractivity contribution in [3.8, 4) is 6.07 Å². The van der Waals surface area contributed by atoms with Crippen molar-refractivity contribution < 1.29 is 16.8 Å². The lowest BCUT2D eigenvalue weighted by Gasteiger charge is -2.41. The summed E-state index contributed by atoms with van der Waals surface area (Å²) in [6.07, 6.45) is 3.51. The van der Waals surface area contributed by atoms with Crippen LogP contribution in [0.4, 0.5) is 0 Å². The molecule has 2 unspecified atom stereocenters. The predicted octanol–water partition coefficient (Wildman–Crippen LogP) is 1.70. The lowest BCUT2D eigenvalue weighted by Crippen LogP contribution is -2.54. The minimum Gasteiger partial charge on any atom is -0.300 e. The van der Waals surface area contributed by atoms with E-state index in [1.165, 1.54) is 24.3 Å². The quantitative estimate of drug-likeness (QED) is 0.532. The summed E-state index contributed by atoms with van der Waals surface area (Å²) in [6, 6.07) is 8.97. The minimum absolute atomic E-state index is 0.105. The third-order valence-electron chi connectivity index (χ3n) is 6.25. The smallest absolute Gasteiger partial charge is 0.178 e. The van der Waals surface area contributed by atoms with E-state index in [9.17, 15) is 16.8 Å². The van der Waals surface area contributed by atoms with Gasteiger partial charge in [-0.25, -0.2) is 16.8 Å². The molecular weight excluding hydrogens is 422 g/mol. The van der Waals surface area contributed by atoms with Gasteiger partial charge in [0, 0.05) is 30.9 Å². The molecule has 3 rings (SSSR count). The maximum Gasteiger partial charge on any atom is 0.178 e. The average molecular weight is 454 g/mol. The number of nitrogens with zero attached hydrogens (tertiary/aromatic N) is 3.